The van der Waals surface area contributed by atoms with E-state index >= 15 is 0 Å². The van der Waals surface area contributed by atoms with Crippen LogP contribution in [0.3, 0.4) is 0 Å². The molecule has 0 spiro atoms. The normalized spacial score (nSPS) is 16.5. The second kappa shape index (κ2) is 4.18. The van der Waals surface area contributed by atoms with E-state index in [1.165, 1.54) is 10.8 Å². The van der Waals surface area contributed by atoms with E-state index in [0.717, 1.165) is 18.8 Å². The second-order valence-corrected chi connectivity index (χ2v) is 4.25. The lowest BCUT2D eigenvalue weighted by Gasteiger charge is -2.27. The highest BCUT2D eigenvalue weighted by Gasteiger charge is 2.18. The van der Waals surface area contributed by atoms with Gasteiger partial charge in [0.2, 0.25) is 5.91 Å². The number of nitrogens with one attached hydrogen (secondary N) is 1. The monoisotopic (exact) mass is 226 g/mol. The molecule has 1 fully saturated rings. The fraction of sp³-hybridized carbons (Fsp3) is 0.214. The summed E-state index contributed by atoms with van der Waals surface area (Å²) in [6.45, 7) is 2.04. The molecule has 1 aliphatic rings. The highest BCUT2D eigenvalue weighted by molar-refractivity contribution is 5.98. The van der Waals surface area contributed by atoms with Crippen LogP contribution in [-0.4, -0.2) is 25.5 Å². The van der Waals surface area contributed by atoms with Gasteiger partial charge in [0.25, 0.3) is 0 Å². The Morgan fingerprint density at radius 1 is 1.06 bits per heavy atom. The minimum atomic E-state index is 0.145. The van der Waals surface area contributed by atoms with E-state index < -0.39 is 0 Å². The van der Waals surface area contributed by atoms with Crippen LogP contribution in [0, 0.1) is 0 Å². The summed E-state index contributed by atoms with van der Waals surface area (Å²) in [5.41, 5.74) is 0.996. The summed E-state index contributed by atoms with van der Waals surface area (Å²) in [4.78, 5) is 13.6. The van der Waals surface area contributed by atoms with E-state index in [-0.39, 0.29) is 5.91 Å². The topological polar surface area (TPSA) is 32.3 Å². The van der Waals surface area contributed by atoms with Crippen LogP contribution in [0.25, 0.3) is 10.8 Å². The predicted octanol–water partition coefficient (Wildman–Crippen LogP) is 1.78. The van der Waals surface area contributed by atoms with E-state index in [2.05, 4.69) is 29.6 Å². The summed E-state index contributed by atoms with van der Waals surface area (Å²) < 4.78 is 0. The van der Waals surface area contributed by atoms with Crippen LogP contribution < -0.4 is 10.2 Å². The van der Waals surface area contributed by atoms with Gasteiger partial charge in [-0.2, -0.15) is 0 Å². The largest absolute Gasteiger partial charge is 0.310 e. The van der Waals surface area contributed by atoms with E-state index in [1.807, 2.05) is 23.1 Å². The SMILES string of the molecule is O=C1CNCCN1c1ccc2ccccc2c1. The second-order valence-electron chi connectivity index (χ2n) is 4.25. The standard InChI is InChI=1S/C14H14N2O/c17-14-10-15-7-8-16(14)13-6-5-11-3-1-2-4-12(11)9-13/h1-6,9,15H,7-8,10H2. The lowest BCUT2D eigenvalue weighted by molar-refractivity contribution is -0.118. The first-order valence-electron chi connectivity index (χ1n) is 5.84. The number of nitrogens with zero attached hydrogens (tertiary/aromatic N) is 1. The molecule has 1 heterocycles. The van der Waals surface area contributed by atoms with E-state index in [9.17, 15) is 4.79 Å². The maximum absolute atomic E-state index is 11.8. The molecule has 1 amide bonds. The first-order valence-corrected chi connectivity index (χ1v) is 5.84. The first kappa shape index (κ1) is 10.3. The van der Waals surface area contributed by atoms with Gasteiger partial charge in [0.1, 0.15) is 0 Å². The van der Waals surface area contributed by atoms with Gasteiger partial charge in [0.05, 0.1) is 6.54 Å². The smallest absolute Gasteiger partial charge is 0.240 e. The van der Waals surface area contributed by atoms with Crippen molar-refractivity contribution in [2.45, 2.75) is 0 Å². The number of hydrogen-bond donors (Lipinski definition) is 1. The minimum Gasteiger partial charge on any atom is -0.310 e. The number of rotatable bonds is 1. The van der Waals surface area contributed by atoms with Crippen molar-refractivity contribution < 1.29 is 4.79 Å². The average molecular weight is 226 g/mol. The summed E-state index contributed by atoms with van der Waals surface area (Å²) in [7, 11) is 0. The molecule has 0 atom stereocenters. The summed E-state index contributed by atoms with van der Waals surface area (Å²) in [6, 6.07) is 14.4. The Kier molecular flexibility index (Phi) is 2.53. The number of fused-ring (bicyclic) bond motifs is 1. The van der Waals surface area contributed by atoms with Crippen LogP contribution in [0.2, 0.25) is 0 Å². The van der Waals surface area contributed by atoms with E-state index in [0.29, 0.717) is 6.54 Å². The lowest BCUT2D eigenvalue weighted by Crippen LogP contribution is -2.48. The number of carbonyl (C=O) groups excluding carboxylic acids is 1. The summed E-state index contributed by atoms with van der Waals surface area (Å²) in [5.74, 6) is 0.145. The number of piperazine rings is 1. The molecule has 0 unspecified atom stereocenters. The Hall–Kier alpha value is -1.87. The maximum atomic E-state index is 11.8. The van der Waals surface area contributed by atoms with Gasteiger partial charge in [-0.1, -0.05) is 30.3 Å². The molecule has 0 aromatic heterocycles. The Bertz CT molecular complexity index is 565. The number of benzene rings is 2. The molecular weight excluding hydrogens is 212 g/mol. The Balaban J connectivity index is 2.02. The Labute approximate surface area is 100 Å². The van der Waals surface area contributed by atoms with Gasteiger partial charge in [-0.15, -0.1) is 0 Å². The predicted molar refractivity (Wildman–Crippen MR) is 69.2 cm³/mol. The molecule has 0 bridgehead atoms. The lowest BCUT2D eigenvalue weighted by atomic mass is 10.1. The van der Waals surface area contributed by atoms with Crippen molar-refractivity contribution in [3.8, 4) is 0 Å². The molecule has 2 aromatic rings. The molecule has 3 nitrogen and oxygen atoms in total. The first-order chi connectivity index (χ1) is 8.34. The van der Waals surface area contributed by atoms with Crippen molar-refractivity contribution >= 4 is 22.4 Å². The third-order valence-electron chi connectivity index (χ3n) is 3.13. The zero-order chi connectivity index (χ0) is 11.7. The molecule has 2 aromatic carbocycles. The fourth-order valence-corrected chi connectivity index (χ4v) is 2.22. The molecule has 1 aliphatic heterocycles. The van der Waals surface area contributed by atoms with E-state index in [1.54, 1.807) is 0 Å². The molecule has 0 saturated carbocycles. The molecule has 1 saturated heterocycles. The Morgan fingerprint density at radius 3 is 2.71 bits per heavy atom. The highest BCUT2D eigenvalue weighted by atomic mass is 16.2. The zero-order valence-electron chi connectivity index (χ0n) is 9.52. The van der Waals surface area contributed by atoms with Gasteiger partial charge in [0, 0.05) is 18.8 Å². The van der Waals surface area contributed by atoms with Gasteiger partial charge >= 0.3 is 0 Å². The highest BCUT2D eigenvalue weighted by Crippen LogP contribution is 2.22. The third kappa shape index (κ3) is 1.89. The van der Waals surface area contributed by atoms with Gasteiger partial charge in [-0.25, -0.2) is 0 Å². The van der Waals surface area contributed by atoms with Crippen LogP contribution in [0.15, 0.2) is 42.5 Å². The molecule has 17 heavy (non-hydrogen) atoms. The molecule has 3 heteroatoms. The van der Waals surface area contributed by atoms with Crippen molar-refractivity contribution in [2.24, 2.45) is 0 Å². The number of hydrogen-bond acceptors (Lipinski definition) is 2. The quantitative estimate of drug-likeness (QED) is 0.803. The van der Waals surface area contributed by atoms with E-state index in [4.69, 9.17) is 0 Å². The molecular formula is C14H14N2O. The maximum Gasteiger partial charge on any atom is 0.240 e. The van der Waals surface area contributed by atoms with Gasteiger partial charge in [0.15, 0.2) is 0 Å². The molecule has 1 N–H and O–H groups in total. The molecule has 0 aliphatic carbocycles. The number of anilines is 1. The van der Waals surface area contributed by atoms with Crippen molar-refractivity contribution in [2.75, 3.05) is 24.5 Å². The van der Waals surface area contributed by atoms with Crippen molar-refractivity contribution in [3.63, 3.8) is 0 Å². The van der Waals surface area contributed by atoms with Crippen LogP contribution >= 0.6 is 0 Å². The molecule has 86 valence electrons. The minimum absolute atomic E-state index is 0.145. The summed E-state index contributed by atoms with van der Waals surface area (Å²) in [6.07, 6.45) is 0. The fourth-order valence-electron chi connectivity index (χ4n) is 2.22. The third-order valence-corrected chi connectivity index (χ3v) is 3.13. The molecule has 0 radical (unpaired) electrons. The van der Waals surface area contributed by atoms with Gasteiger partial charge in [-0.3, -0.25) is 4.79 Å². The zero-order valence-corrected chi connectivity index (χ0v) is 9.52. The van der Waals surface area contributed by atoms with Crippen LogP contribution in [0.5, 0.6) is 0 Å². The van der Waals surface area contributed by atoms with Crippen LogP contribution in [0.1, 0.15) is 0 Å². The van der Waals surface area contributed by atoms with Gasteiger partial charge in [-0.05, 0) is 22.9 Å². The van der Waals surface area contributed by atoms with Gasteiger partial charge < -0.3 is 10.2 Å². The van der Waals surface area contributed by atoms with Crippen LogP contribution in [-0.2, 0) is 4.79 Å². The number of amides is 1. The summed E-state index contributed by atoms with van der Waals surface area (Å²) in [5, 5.41) is 5.46. The van der Waals surface area contributed by atoms with Crippen molar-refractivity contribution in [1.29, 1.82) is 0 Å². The Morgan fingerprint density at radius 2 is 1.88 bits per heavy atom. The summed E-state index contributed by atoms with van der Waals surface area (Å²) >= 11 is 0. The van der Waals surface area contributed by atoms with Crippen molar-refractivity contribution in [1.82, 2.24) is 5.32 Å². The van der Waals surface area contributed by atoms with Crippen LogP contribution in [0.4, 0.5) is 5.69 Å². The molecule has 3 rings (SSSR count). The average Bonchev–Trinajstić information content (AvgIpc) is 2.39. The number of carbonyl (C=O) groups is 1. The van der Waals surface area contributed by atoms with Crippen molar-refractivity contribution in [3.05, 3.63) is 42.5 Å².